The molecule has 17 nitrogen and oxygen atoms in total. The van der Waals surface area contributed by atoms with Crippen LogP contribution in [-0.4, -0.2) is 114 Å². The molecule has 0 aliphatic heterocycles. The lowest BCUT2D eigenvalue weighted by Crippen LogP contribution is -2.51. The van der Waals surface area contributed by atoms with E-state index in [2.05, 4.69) is 5.32 Å². The number of carbonyl (C=O) groups excluding carboxylic acids is 3. The van der Waals surface area contributed by atoms with E-state index in [9.17, 15) is 59.1 Å². The number of hydrogen-bond donors (Lipinski definition) is 8. The summed E-state index contributed by atoms with van der Waals surface area (Å²) in [5, 5.41) is 71.4. The van der Waals surface area contributed by atoms with Crippen molar-refractivity contribution in [3.8, 4) is 0 Å². The first-order valence-electron chi connectivity index (χ1n) is 18.6. The third-order valence-corrected chi connectivity index (χ3v) is 9.38. The Labute approximate surface area is 316 Å². The molecule has 0 heterocycles. The topological polar surface area (TPSA) is 292 Å². The molecule has 0 aliphatic carbocycles. The van der Waals surface area contributed by atoms with E-state index in [-0.39, 0.29) is 25.2 Å². The third kappa shape index (κ3) is 21.2. The number of carboxylic acids is 4. The van der Waals surface area contributed by atoms with Crippen LogP contribution in [0.1, 0.15) is 131 Å². The molecule has 0 spiro atoms. The van der Waals surface area contributed by atoms with Gasteiger partial charge < -0.3 is 50.5 Å². The zero-order valence-electron chi connectivity index (χ0n) is 32.4. The van der Waals surface area contributed by atoms with Crippen molar-refractivity contribution in [2.75, 3.05) is 0 Å². The van der Waals surface area contributed by atoms with E-state index in [4.69, 9.17) is 19.7 Å². The van der Waals surface area contributed by atoms with Crippen molar-refractivity contribution in [1.29, 1.82) is 0 Å². The summed E-state index contributed by atoms with van der Waals surface area (Å²) in [4.78, 5) is 83.6. The number of hydrogen-bond acceptors (Lipinski definition) is 12. The predicted molar refractivity (Wildman–Crippen MR) is 192 cm³/mol. The number of ether oxygens (including phenoxy) is 2. The summed E-state index contributed by atoms with van der Waals surface area (Å²) in [7, 11) is 0. The molecule has 10 unspecified atom stereocenters. The maximum Gasteiger partial charge on any atom is 0.307 e. The van der Waals surface area contributed by atoms with Gasteiger partial charge in [-0.25, -0.2) is 0 Å². The summed E-state index contributed by atoms with van der Waals surface area (Å²) in [5.41, 5.74) is -1.68. The van der Waals surface area contributed by atoms with Crippen LogP contribution < -0.4 is 5.32 Å². The highest BCUT2D eigenvalue weighted by molar-refractivity contribution is 5.84. The Kier molecular flexibility index (Phi) is 23.5. The monoisotopic (exact) mass is 777 g/mol. The molecule has 312 valence electrons. The molecule has 8 N–H and O–H groups in total. The van der Waals surface area contributed by atoms with Gasteiger partial charge in [-0.1, -0.05) is 46.5 Å². The summed E-state index contributed by atoms with van der Waals surface area (Å²) >= 11 is 0. The molecular formula is C37H63NO16. The van der Waals surface area contributed by atoms with Gasteiger partial charge in [-0.2, -0.15) is 0 Å². The van der Waals surface area contributed by atoms with Crippen molar-refractivity contribution in [1.82, 2.24) is 5.32 Å². The van der Waals surface area contributed by atoms with Gasteiger partial charge in [0.2, 0.25) is 5.91 Å². The Hall–Kier alpha value is -3.83. The van der Waals surface area contributed by atoms with E-state index >= 15 is 0 Å². The lowest BCUT2D eigenvalue weighted by atomic mass is 9.79. The predicted octanol–water partition coefficient (Wildman–Crippen LogP) is 3.13. The summed E-state index contributed by atoms with van der Waals surface area (Å²) in [5.74, 6) is -12.5. The number of aliphatic hydroxyl groups excluding tert-OH is 3. The number of carboxylic acid groups (broad SMARTS) is 4. The number of esters is 2. The molecule has 1 amide bonds. The minimum Gasteiger partial charge on any atom is -0.481 e. The van der Waals surface area contributed by atoms with Crippen molar-refractivity contribution in [2.24, 2.45) is 23.7 Å². The molecule has 0 aromatic rings. The number of aliphatic carboxylic acids is 4. The number of nitrogens with one attached hydrogen (secondary N) is 1. The van der Waals surface area contributed by atoms with Crippen LogP contribution in [0.25, 0.3) is 0 Å². The molecule has 0 rings (SSSR count). The maximum atomic E-state index is 13.3. The first-order chi connectivity index (χ1) is 25.0. The van der Waals surface area contributed by atoms with Gasteiger partial charge in [0.1, 0.15) is 11.7 Å². The Morgan fingerprint density at radius 1 is 0.685 bits per heavy atom. The van der Waals surface area contributed by atoms with Gasteiger partial charge in [-0.15, -0.1) is 0 Å². The SMILES string of the molecule is CCCCC(C)C(OC(=O)CC(CC(=O)O)C(=O)O)C(C)(CC(C)CC(O)CCCCC(O)CC(O)C(C)NC(C)=O)OC(=O)CC(CC(=O)O)C(=O)O. The highest BCUT2D eigenvalue weighted by Gasteiger charge is 2.46. The van der Waals surface area contributed by atoms with E-state index in [1.165, 1.54) is 13.8 Å². The molecule has 54 heavy (non-hydrogen) atoms. The molecule has 0 aromatic heterocycles. The number of amides is 1. The summed E-state index contributed by atoms with van der Waals surface area (Å²) in [6, 6.07) is -0.537. The minimum absolute atomic E-state index is 0.0263. The molecule has 17 heteroatoms. The van der Waals surface area contributed by atoms with E-state index in [0.717, 1.165) is 6.42 Å². The van der Waals surface area contributed by atoms with E-state index in [0.29, 0.717) is 38.5 Å². The normalized spacial score (nSPS) is 17.6. The van der Waals surface area contributed by atoms with Gasteiger partial charge in [0.25, 0.3) is 0 Å². The smallest absolute Gasteiger partial charge is 0.307 e. The zero-order valence-corrected chi connectivity index (χ0v) is 32.4. The second-order valence-corrected chi connectivity index (χ2v) is 14.9. The van der Waals surface area contributed by atoms with Crippen LogP contribution in [-0.2, 0) is 43.0 Å². The second-order valence-electron chi connectivity index (χ2n) is 14.9. The third-order valence-electron chi connectivity index (χ3n) is 9.38. The van der Waals surface area contributed by atoms with Crippen molar-refractivity contribution in [3.63, 3.8) is 0 Å². The van der Waals surface area contributed by atoms with Crippen LogP contribution in [0.5, 0.6) is 0 Å². The second kappa shape index (κ2) is 25.3. The average molecular weight is 778 g/mol. The van der Waals surface area contributed by atoms with Crippen molar-refractivity contribution >= 4 is 41.7 Å². The van der Waals surface area contributed by atoms with Gasteiger partial charge in [-0.3, -0.25) is 33.6 Å². The highest BCUT2D eigenvalue weighted by Crippen LogP contribution is 2.36. The Balaban J connectivity index is 6.09. The largest absolute Gasteiger partial charge is 0.481 e. The number of unbranched alkanes of at least 4 members (excludes halogenated alkanes) is 2. The van der Waals surface area contributed by atoms with Crippen molar-refractivity contribution in [2.45, 2.75) is 167 Å². The van der Waals surface area contributed by atoms with Gasteiger partial charge in [-0.05, 0) is 57.8 Å². The van der Waals surface area contributed by atoms with Gasteiger partial charge >= 0.3 is 35.8 Å². The van der Waals surface area contributed by atoms with Crippen LogP contribution in [0.15, 0.2) is 0 Å². The Morgan fingerprint density at radius 2 is 1.17 bits per heavy atom. The fraction of sp³-hybridized carbons (Fsp3) is 0.811. The average Bonchev–Trinajstić information content (AvgIpc) is 3.02. The fourth-order valence-electron chi connectivity index (χ4n) is 6.68. The summed E-state index contributed by atoms with van der Waals surface area (Å²) in [6.45, 7) is 9.83. The van der Waals surface area contributed by atoms with Gasteiger partial charge in [0.15, 0.2) is 0 Å². The number of aliphatic hydroxyl groups is 3. The highest BCUT2D eigenvalue weighted by atomic mass is 16.6. The van der Waals surface area contributed by atoms with Crippen LogP contribution in [0.2, 0.25) is 0 Å². The van der Waals surface area contributed by atoms with Crippen LogP contribution in [0.4, 0.5) is 0 Å². The minimum atomic E-state index is -1.68. The van der Waals surface area contributed by atoms with Crippen LogP contribution >= 0.6 is 0 Å². The molecule has 0 bridgehead atoms. The van der Waals surface area contributed by atoms with Crippen molar-refractivity contribution in [3.05, 3.63) is 0 Å². The molecule has 10 atom stereocenters. The molecule has 0 fully saturated rings. The van der Waals surface area contributed by atoms with E-state index in [1.807, 2.05) is 6.92 Å². The van der Waals surface area contributed by atoms with Gasteiger partial charge in [0.05, 0.1) is 61.9 Å². The van der Waals surface area contributed by atoms with E-state index in [1.54, 1.807) is 20.8 Å². The summed E-state index contributed by atoms with van der Waals surface area (Å²) < 4.78 is 11.7. The van der Waals surface area contributed by atoms with Crippen molar-refractivity contribution < 1.29 is 78.8 Å². The zero-order chi connectivity index (χ0) is 41.8. The summed E-state index contributed by atoms with van der Waals surface area (Å²) in [6.07, 6.45) is -3.36. The standard InChI is InChI=1S/C37H63NO16/c1-7-8-11-22(3)34(53-32(47)17-25(35(49)50)15-30(43)44)37(6,54-33(48)18-26(36(51)52)16-31(45)46)20-21(2)14-27(40)12-9-10-13-28(41)19-29(42)23(4)38-24(5)39/h21-23,25-29,34,40-42H,7-20H2,1-6H3,(H,38,39)(H,43,44)(H,45,46)(H,49,50)(H,51,52). The van der Waals surface area contributed by atoms with E-state index < -0.39 is 121 Å². The lowest BCUT2D eigenvalue weighted by Gasteiger charge is -2.41. The molecule has 0 radical (unpaired) electrons. The molecule has 0 aromatic carbocycles. The van der Waals surface area contributed by atoms with Crippen LogP contribution in [0.3, 0.4) is 0 Å². The molecule has 0 saturated carbocycles. The fourth-order valence-corrected chi connectivity index (χ4v) is 6.68. The number of carbonyl (C=O) groups is 7. The maximum absolute atomic E-state index is 13.3. The Bertz CT molecular complexity index is 1230. The lowest BCUT2D eigenvalue weighted by molar-refractivity contribution is -0.196. The van der Waals surface area contributed by atoms with Crippen LogP contribution in [0, 0.1) is 23.7 Å². The quantitative estimate of drug-likeness (QED) is 0.0384. The molecular weight excluding hydrogens is 714 g/mol. The Morgan fingerprint density at radius 3 is 1.61 bits per heavy atom. The molecule has 0 aliphatic rings. The molecule has 0 saturated heterocycles. The first-order valence-corrected chi connectivity index (χ1v) is 18.6. The first kappa shape index (κ1) is 50.2. The van der Waals surface area contributed by atoms with Gasteiger partial charge in [0, 0.05) is 13.3 Å². The number of rotatable bonds is 30.